The minimum atomic E-state index is 0.608. The molecule has 0 aliphatic heterocycles. The predicted octanol–water partition coefficient (Wildman–Crippen LogP) is 11.8. The van der Waals surface area contributed by atoms with Crippen molar-refractivity contribution in [3.63, 3.8) is 0 Å². The molecular formula is C45H29N3O. The van der Waals surface area contributed by atoms with Crippen molar-refractivity contribution in [2.45, 2.75) is 0 Å². The van der Waals surface area contributed by atoms with Gasteiger partial charge in [-0.3, -0.25) is 0 Å². The van der Waals surface area contributed by atoms with E-state index in [2.05, 4.69) is 133 Å². The van der Waals surface area contributed by atoms with Crippen LogP contribution in [0.15, 0.2) is 180 Å². The zero-order valence-electron chi connectivity index (χ0n) is 26.5. The van der Waals surface area contributed by atoms with E-state index in [0.29, 0.717) is 17.5 Å². The molecule has 9 rings (SSSR count). The third-order valence-electron chi connectivity index (χ3n) is 8.97. The van der Waals surface area contributed by atoms with Crippen LogP contribution in [0, 0.1) is 0 Å². The Morgan fingerprint density at radius 3 is 1.31 bits per heavy atom. The summed E-state index contributed by atoms with van der Waals surface area (Å²) in [5.41, 5.74) is 11.4. The highest BCUT2D eigenvalue weighted by atomic mass is 16.3. The molecule has 0 saturated heterocycles. The van der Waals surface area contributed by atoms with Gasteiger partial charge in [0.2, 0.25) is 0 Å². The SMILES string of the molecule is c1ccc(-c2ccc(-c3cccc(-c4nc(-c5ccc(-c6ccccc6)cc5)nc(-c5ccc6oc7ccccc7c6c5)n4)c3)cc2)cc1. The Balaban J connectivity index is 1.15. The van der Waals surface area contributed by atoms with E-state index in [-0.39, 0.29) is 0 Å². The fourth-order valence-electron chi connectivity index (χ4n) is 6.39. The van der Waals surface area contributed by atoms with Gasteiger partial charge in [0, 0.05) is 27.5 Å². The van der Waals surface area contributed by atoms with Crippen LogP contribution in [0.4, 0.5) is 0 Å². The van der Waals surface area contributed by atoms with Crippen molar-refractivity contribution in [3.05, 3.63) is 176 Å². The first-order valence-electron chi connectivity index (χ1n) is 16.4. The van der Waals surface area contributed by atoms with Gasteiger partial charge in [0.25, 0.3) is 0 Å². The summed E-state index contributed by atoms with van der Waals surface area (Å²) >= 11 is 0. The number of aromatic nitrogens is 3. The van der Waals surface area contributed by atoms with Crippen LogP contribution in [-0.2, 0) is 0 Å². The molecule has 9 aromatic rings. The standard InChI is InChI=1S/C45H29N3O/c1-3-10-30(11-4-1)32-18-20-34(21-19-32)36-14-9-15-37(28-36)44-46-43(35-24-22-33(23-25-35)31-12-5-2-6-13-31)47-45(48-44)38-26-27-42-40(29-38)39-16-7-8-17-41(39)49-42/h1-29H. The summed E-state index contributed by atoms with van der Waals surface area (Å²) in [4.78, 5) is 15.2. The molecule has 230 valence electrons. The lowest BCUT2D eigenvalue weighted by atomic mass is 9.99. The van der Waals surface area contributed by atoms with E-state index in [9.17, 15) is 0 Å². The van der Waals surface area contributed by atoms with Gasteiger partial charge in [-0.2, -0.15) is 0 Å². The zero-order chi connectivity index (χ0) is 32.6. The van der Waals surface area contributed by atoms with Crippen molar-refractivity contribution < 1.29 is 4.42 Å². The molecule has 0 amide bonds. The van der Waals surface area contributed by atoms with E-state index >= 15 is 0 Å². The molecule has 4 nitrogen and oxygen atoms in total. The Morgan fingerprint density at radius 1 is 0.265 bits per heavy atom. The molecule has 0 saturated carbocycles. The predicted molar refractivity (Wildman–Crippen MR) is 200 cm³/mol. The summed E-state index contributed by atoms with van der Waals surface area (Å²) in [7, 11) is 0. The van der Waals surface area contributed by atoms with Crippen molar-refractivity contribution in [1.29, 1.82) is 0 Å². The molecule has 2 heterocycles. The molecule has 0 aliphatic carbocycles. The normalized spacial score (nSPS) is 11.3. The lowest BCUT2D eigenvalue weighted by Crippen LogP contribution is -2.00. The van der Waals surface area contributed by atoms with Crippen molar-refractivity contribution >= 4 is 21.9 Å². The number of para-hydroxylation sites is 1. The Hall–Kier alpha value is -6.65. The highest BCUT2D eigenvalue weighted by Crippen LogP contribution is 2.34. The molecule has 49 heavy (non-hydrogen) atoms. The largest absolute Gasteiger partial charge is 0.456 e. The van der Waals surface area contributed by atoms with Crippen LogP contribution < -0.4 is 0 Å². The maximum Gasteiger partial charge on any atom is 0.164 e. The number of benzene rings is 7. The molecule has 0 spiro atoms. The van der Waals surface area contributed by atoms with Gasteiger partial charge in [-0.25, -0.2) is 15.0 Å². The number of hydrogen-bond acceptors (Lipinski definition) is 4. The van der Waals surface area contributed by atoms with Gasteiger partial charge in [-0.1, -0.05) is 146 Å². The molecule has 0 N–H and O–H groups in total. The minimum absolute atomic E-state index is 0.608. The first-order chi connectivity index (χ1) is 24.2. The maximum atomic E-state index is 6.11. The Bertz CT molecular complexity index is 2570. The molecule has 2 aromatic heterocycles. The molecule has 0 fully saturated rings. The van der Waals surface area contributed by atoms with E-state index in [1.807, 2.05) is 42.5 Å². The van der Waals surface area contributed by atoms with Crippen LogP contribution in [-0.4, -0.2) is 15.0 Å². The monoisotopic (exact) mass is 627 g/mol. The summed E-state index contributed by atoms with van der Waals surface area (Å²) in [5.74, 6) is 1.85. The van der Waals surface area contributed by atoms with Crippen molar-refractivity contribution in [2.24, 2.45) is 0 Å². The molecule has 0 aliphatic rings. The van der Waals surface area contributed by atoms with Gasteiger partial charge < -0.3 is 4.42 Å². The van der Waals surface area contributed by atoms with Crippen LogP contribution in [0.3, 0.4) is 0 Å². The van der Waals surface area contributed by atoms with Gasteiger partial charge in [0.05, 0.1) is 0 Å². The maximum absolute atomic E-state index is 6.11. The van der Waals surface area contributed by atoms with Crippen LogP contribution in [0.2, 0.25) is 0 Å². The summed E-state index contributed by atoms with van der Waals surface area (Å²) < 4.78 is 6.11. The second-order valence-corrected chi connectivity index (χ2v) is 12.1. The molecule has 0 unspecified atom stereocenters. The Morgan fingerprint density at radius 2 is 0.673 bits per heavy atom. The van der Waals surface area contributed by atoms with Crippen molar-refractivity contribution in [2.75, 3.05) is 0 Å². The summed E-state index contributed by atoms with van der Waals surface area (Å²) in [6, 6.07) is 60.6. The average molecular weight is 628 g/mol. The Labute approximate surface area is 284 Å². The lowest BCUT2D eigenvalue weighted by Gasteiger charge is -2.11. The van der Waals surface area contributed by atoms with Gasteiger partial charge in [-0.05, 0) is 63.7 Å². The smallest absolute Gasteiger partial charge is 0.164 e. The molecule has 0 bridgehead atoms. The van der Waals surface area contributed by atoms with E-state index < -0.39 is 0 Å². The van der Waals surface area contributed by atoms with Crippen LogP contribution in [0.25, 0.3) is 89.5 Å². The van der Waals surface area contributed by atoms with Gasteiger partial charge >= 0.3 is 0 Å². The zero-order valence-corrected chi connectivity index (χ0v) is 26.5. The van der Waals surface area contributed by atoms with Gasteiger partial charge in [-0.15, -0.1) is 0 Å². The van der Waals surface area contributed by atoms with E-state index in [0.717, 1.165) is 55.3 Å². The molecule has 0 atom stereocenters. The van der Waals surface area contributed by atoms with Crippen molar-refractivity contribution in [1.82, 2.24) is 15.0 Å². The van der Waals surface area contributed by atoms with Crippen molar-refractivity contribution in [3.8, 4) is 67.5 Å². The summed E-state index contributed by atoms with van der Waals surface area (Å²) in [6.45, 7) is 0. The fourth-order valence-corrected chi connectivity index (χ4v) is 6.39. The third kappa shape index (κ3) is 5.56. The highest BCUT2D eigenvalue weighted by molar-refractivity contribution is 6.06. The first-order valence-corrected chi connectivity index (χ1v) is 16.4. The minimum Gasteiger partial charge on any atom is -0.456 e. The molecular weight excluding hydrogens is 599 g/mol. The second kappa shape index (κ2) is 12.2. The lowest BCUT2D eigenvalue weighted by molar-refractivity contribution is 0.669. The third-order valence-corrected chi connectivity index (χ3v) is 8.97. The number of hydrogen-bond donors (Lipinski definition) is 0. The van der Waals surface area contributed by atoms with E-state index in [1.54, 1.807) is 0 Å². The molecule has 7 aromatic carbocycles. The first kappa shape index (κ1) is 28.6. The second-order valence-electron chi connectivity index (χ2n) is 12.1. The summed E-state index contributed by atoms with van der Waals surface area (Å²) in [6.07, 6.45) is 0. The summed E-state index contributed by atoms with van der Waals surface area (Å²) in [5, 5.41) is 2.10. The number of fused-ring (bicyclic) bond motifs is 3. The van der Waals surface area contributed by atoms with Gasteiger partial charge in [0.1, 0.15) is 11.2 Å². The number of rotatable bonds is 6. The molecule has 0 radical (unpaired) electrons. The van der Waals surface area contributed by atoms with E-state index in [4.69, 9.17) is 19.4 Å². The van der Waals surface area contributed by atoms with Crippen LogP contribution >= 0.6 is 0 Å². The highest BCUT2D eigenvalue weighted by Gasteiger charge is 2.15. The van der Waals surface area contributed by atoms with E-state index in [1.165, 1.54) is 16.7 Å². The average Bonchev–Trinajstić information content (AvgIpc) is 3.57. The fraction of sp³-hybridized carbons (Fsp3) is 0. The van der Waals surface area contributed by atoms with Crippen LogP contribution in [0.5, 0.6) is 0 Å². The quantitative estimate of drug-likeness (QED) is 0.184. The molecule has 4 heteroatoms. The number of nitrogens with zero attached hydrogens (tertiary/aromatic N) is 3. The Kier molecular flexibility index (Phi) is 7.10. The van der Waals surface area contributed by atoms with Crippen LogP contribution in [0.1, 0.15) is 0 Å². The van der Waals surface area contributed by atoms with Gasteiger partial charge in [0.15, 0.2) is 17.5 Å². The topological polar surface area (TPSA) is 51.8 Å². The number of furan rings is 1.